The van der Waals surface area contributed by atoms with Crippen LogP contribution in [0.1, 0.15) is 51.9 Å². The van der Waals surface area contributed by atoms with Crippen molar-refractivity contribution in [1.82, 2.24) is 0 Å². The third-order valence-electron chi connectivity index (χ3n) is 2.65. The molecule has 0 aliphatic rings. The van der Waals surface area contributed by atoms with Gasteiger partial charge < -0.3 is 5.32 Å². The summed E-state index contributed by atoms with van der Waals surface area (Å²) in [4.78, 5) is 0.958. The number of hydrogen-bond donors (Lipinski definition) is 1. The van der Waals surface area contributed by atoms with Crippen LogP contribution in [0, 0.1) is 0 Å². The molecule has 0 radical (unpaired) electrons. The Bertz CT molecular complexity index is 336. The molecule has 4 heteroatoms. The minimum Gasteiger partial charge on any atom is -0.348 e. The van der Waals surface area contributed by atoms with Gasteiger partial charge in [0.15, 0.2) is 0 Å². The molecule has 0 amide bonds. The number of rotatable bonds is 8. The Balaban J connectivity index is 2.08. The topological polar surface area (TPSA) is 12.0 Å². The fraction of sp³-hybridized carbons (Fsp3) is 0.615. The fourth-order valence-corrected chi connectivity index (χ4v) is 3.23. The van der Waals surface area contributed by atoms with E-state index in [1.807, 2.05) is 0 Å². The van der Waals surface area contributed by atoms with Crippen LogP contribution in [0.2, 0.25) is 0 Å². The minimum absolute atomic E-state index is 0.958. The molecule has 1 rings (SSSR count). The van der Waals surface area contributed by atoms with Gasteiger partial charge in [-0.1, -0.05) is 51.2 Å². The van der Waals surface area contributed by atoms with Crippen LogP contribution < -0.4 is 5.32 Å². The standard InChI is InChI=1S/C13H20BrNS2/c1-2-3-4-5-6-7-8-13(16)15-12-10-17-9-11(12)14/h9-10H,2-8H2,1H3,(H,15,16). The Morgan fingerprint density at radius 3 is 2.59 bits per heavy atom. The van der Waals surface area contributed by atoms with E-state index in [0.717, 1.165) is 21.6 Å². The molecule has 0 aliphatic carbocycles. The molecule has 0 bridgehead atoms. The van der Waals surface area contributed by atoms with Crippen LogP contribution in [0.25, 0.3) is 0 Å². The second kappa shape index (κ2) is 9.06. The Morgan fingerprint density at radius 2 is 1.94 bits per heavy atom. The van der Waals surface area contributed by atoms with Gasteiger partial charge in [0, 0.05) is 10.8 Å². The van der Waals surface area contributed by atoms with Gasteiger partial charge in [0.25, 0.3) is 0 Å². The van der Waals surface area contributed by atoms with Crippen molar-refractivity contribution in [3.05, 3.63) is 15.2 Å². The van der Waals surface area contributed by atoms with E-state index in [2.05, 4.69) is 38.9 Å². The number of nitrogens with one attached hydrogen (secondary N) is 1. The highest BCUT2D eigenvalue weighted by Gasteiger charge is 2.02. The Morgan fingerprint density at radius 1 is 1.24 bits per heavy atom. The van der Waals surface area contributed by atoms with Gasteiger partial charge in [-0.25, -0.2) is 0 Å². The Kier molecular flexibility index (Phi) is 8.06. The molecule has 0 aliphatic heterocycles. The lowest BCUT2D eigenvalue weighted by Crippen LogP contribution is -2.08. The summed E-state index contributed by atoms with van der Waals surface area (Å²) in [5.41, 5.74) is 1.10. The maximum atomic E-state index is 5.34. The third-order valence-corrected chi connectivity index (χ3v) is 4.66. The van der Waals surface area contributed by atoms with Crippen LogP contribution >= 0.6 is 39.5 Å². The van der Waals surface area contributed by atoms with Crippen molar-refractivity contribution in [2.75, 3.05) is 5.32 Å². The maximum Gasteiger partial charge on any atom is 0.0797 e. The first kappa shape index (κ1) is 15.1. The lowest BCUT2D eigenvalue weighted by Gasteiger charge is -2.06. The summed E-state index contributed by atoms with van der Waals surface area (Å²) in [5, 5.41) is 7.43. The molecule has 0 atom stereocenters. The van der Waals surface area contributed by atoms with Gasteiger partial charge in [0.1, 0.15) is 0 Å². The van der Waals surface area contributed by atoms with Gasteiger partial charge in [0.05, 0.1) is 15.1 Å². The lowest BCUT2D eigenvalue weighted by atomic mass is 10.1. The molecule has 0 unspecified atom stereocenters. The predicted molar refractivity (Wildman–Crippen MR) is 86.2 cm³/mol. The zero-order chi connectivity index (χ0) is 12.5. The number of thiocarbonyl (C=S) groups is 1. The highest BCUT2D eigenvalue weighted by atomic mass is 79.9. The highest BCUT2D eigenvalue weighted by Crippen LogP contribution is 2.26. The molecule has 1 aromatic heterocycles. The van der Waals surface area contributed by atoms with Crippen molar-refractivity contribution in [1.29, 1.82) is 0 Å². The number of thiophene rings is 1. The summed E-state index contributed by atoms with van der Waals surface area (Å²) in [5.74, 6) is 0. The second-order valence-electron chi connectivity index (χ2n) is 4.20. The van der Waals surface area contributed by atoms with Crippen LogP contribution in [-0.2, 0) is 0 Å². The fourth-order valence-electron chi connectivity index (χ4n) is 1.65. The zero-order valence-electron chi connectivity index (χ0n) is 10.3. The molecule has 0 aromatic carbocycles. The summed E-state index contributed by atoms with van der Waals surface area (Å²) in [6.07, 6.45) is 8.90. The van der Waals surface area contributed by atoms with Gasteiger partial charge in [0.2, 0.25) is 0 Å². The Labute approximate surface area is 122 Å². The van der Waals surface area contributed by atoms with E-state index in [1.54, 1.807) is 11.3 Å². The van der Waals surface area contributed by atoms with Crippen LogP contribution in [0.5, 0.6) is 0 Å². The average molecular weight is 334 g/mol. The van der Waals surface area contributed by atoms with Gasteiger partial charge in [-0.2, -0.15) is 0 Å². The molecule has 1 heterocycles. The highest BCUT2D eigenvalue weighted by molar-refractivity contribution is 9.10. The van der Waals surface area contributed by atoms with E-state index in [9.17, 15) is 0 Å². The summed E-state index contributed by atoms with van der Waals surface area (Å²) in [6.45, 7) is 2.25. The predicted octanol–water partition coefficient (Wildman–Crippen LogP) is 6.00. The van der Waals surface area contributed by atoms with Crippen LogP contribution in [-0.4, -0.2) is 4.99 Å². The van der Waals surface area contributed by atoms with Crippen molar-refractivity contribution in [3.63, 3.8) is 0 Å². The first-order chi connectivity index (χ1) is 8.24. The van der Waals surface area contributed by atoms with Crippen molar-refractivity contribution < 1.29 is 0 Å². The van der Waals surface area contributed by atoms with Crippen molar-refractivity contribution >= 4 is 50.2 Å². The first-order valence-corrected chi connectivity index (χ1v) is 8.40. The number of hydrogen-bond acceptors (Lipinski definition) is 2. The number of anilines is 1. The summed E-state index contributed by atoms with van der Waals surface area (Å²) in [6, 6.07) is 0. The van der Waals surface area contributed by atoms with Crippen LogP contribution in [0.3, 0.4) is 0 Å². The molecule has 0 spiro atoms. The smallest absolute Gasteiger partial charge is 0.0797 e. The molecule has 96 valence electrons. The summed E-state index contributed by atoms with van der Waals surface area (Å²) >= 11 is 10.5. The maximum absolute atomic E-state index is 5.34. The quantitative estimate of drug-likeness (QED) is 0.462. The van der Waals surface area contributed by atoms with E-state index >= 15 is 0 Å². The second-order valence-corrected chi connectivity index (χ2v) is 6.29. The SMILES string of the molecule is CCCCCCCCC(=S)Nc1cscc1Br. The van der Waals surface area contributed by atoms with Gasteiger partial charge in [-0.3, -0.25) is 0 Å². The molecule has 0 saturated heterocycles. The normalized spacial score (nSPS) is 10.5. The molecule has 0 saturated carbocycles. The van der Waals surface area contributed by atoms with E-state index in [1.165, 1.54) is 38.5 Å². The molecule has 17 heavy (non-hydrogen) atoms. The van der Waals surface area contributed by atoms with Gasteiger partial charge in [-0.05, 0) is 28.8 Å². The summed E-state index contributed by atoms with van der Waals surface area (Å²) in [7, 11) is 0. The van der Waals surface area contributed by atoms with E-state index < -0.39 is 0 Å². The largest absolute Gasteiger partial charge is 0.348 e. The molecule has 1 N–H and O–H groups in total. The van der Waals surface area contributed by atoms with Crippen LogP contribution in [0.4, 0.5) is 5.69 Å². The van der Waals surface area contributed by atoms with Gasteiger partial charge >= 0.3 is 0 Å². The number of halogens is 1. The third kappa shape index (κ3) is 6.53. The van der Waals surface area contributed by atoms with E-state index in [-0.39, 0.29) is 0 Å². The lowest BCUT2D eigenvalue weighted by molar-refractivity contribution is 0.616. The molecule has 1 nitrogen and oxygen atoms in total. The van der Waals surface area contributed by atoms with Crippen molar-refractivity contribution in [2.45, 2.75) is 51.9 Å². The van der Waals surface area contributed by atoms with Gasteiger partial charge in [-0.15, -0.1) is 11.3 Å². The first-order valence-electron chi connectivity index (χ1n) is 6.25. The minimum atomic E-state index is 0.958. The molecular formula is C13H20BrNS2. The monoisotopic (exact) mass is 333 g/mol. The summed E-state index contributed by atoms with van der Waals surface area (Å²) < 4.78 is 1.10. The van der Waals surface area contributed by atoms with Crippen LogP contribution in [0.15, 0.2) is 15.2 Å². The number of unbranched alkanes of at least 4 members (excludes halogenated alkanes) is 5. The van der Waals surface area contributed by atoms with E-state index in [4.69, 9.17) is 12.2 Å². The molecule has 1 aromatic rings. The van der Waals surface area contributed by atoms with E-state index in [0.29, 0.717) is 0 Å². The van der Waals surface area contributed by atoms with Crippen molar-refractivity contribution in [2.24, 2.45) is 0 Å². The van der Waals surface area contributed by atoms with Crippen molar-refractivity contribution in [3.8, 4) is 0 Å². The average Bonchev–Trinajstić information content (AvgIpc) is 2.69. The zero-order valence-corrected chi connectivity index (χ0v) is 13.5. The Hall–Kier alpha value is 0.0700. The molecular weight excluding hydrogens is 314 g/mol. The molecule has 0 fully saturated rings.